The van der Waals surface area contributed by atoms with E-state index in [1.54, 1.807) is 0 Å². The number of thiophene rings is 1. The van der Waals surface area contributed by atoms with Crippen molar-refractivity contribution in [1.29, 1.82) is 0 Å². The van der Waals surface area contributed by atoms with E-state index >= 15 is 0 Å². The van der Waals surface area contributed by atoms with Crippen LogP contribution in [0, 0.1) is 12.8 Å². The molecule has 0 radical (unpaired) electrons. The Kier molecular flexibility index (Phi) is 4.43. The largest absolute Gasteiger partial charge is 0.376 e. The molecular weight excluding hydrogens is 308 g/mol. The molecule has 4 rings (SSSR count). The minimum atomic E-state index is 0.255. The number of aryl methyl sites for hydroxylation is 1. The summed E-state index contributed by atoms with van der Waals surface area (Å²) in [6.07, 6.45) is 4.39. The van der Waals surface area contributed by atoms with Gasteiger partial charge >= 0.3 is 0 Å². The van der Waals surface area contributed by atoms with Gasteiger partial charge in [-0.05, 0) is 44.2 Å². The summed E-state index contributed by atoms with van der Waals surface area (Å²) in [5, 5.41) is 0. The molecule has 0 bridgehead atoms. The average Bonchev–Trinajstić information content (AvgIpc) is 3.15. The zero-order valence-electron chi connectivity index (χ0n) is 13.9. The summed E-state index contributed by atoms with van der Waals surface area (Å²) in [7, 11) is 0. The SMILES string of the molecule is Cc1ccc(CN2C[C@@H]3CCCO[C@@H]3[C@H](N3CCCC3=O)C2)s1. The number of rotatable bonds is 3. The van der Waals surface area contributed by atoms with E-state index in [1.165, 1.54) is 16.2 Å². The number of carbonyl (C=O) groups excluding carboxylic acids is 1. The van der Waals surface area contributed by atoms with Crippen LogP contribution in [0.1, 0.15) is 35.4 Å². The molecule has 0 aromatic carbocycles. The molecule has 3 fully saturated rings. The molecule has 3 aliphatic heterocycles. The fourth-order valence-corrected chi connectivity index (χ4v) is 5.41. The first-order valence-corrected chi connectivity index (χ1v) is 9.71. The second-order valence-electron chi connectivity index (χ2n) is 7.20. The van der Waals surface area contributed by atoms with Crippen molar-refractivity contribution < 1.29 is 9.53 Å². The normalized spacial score (nSPS) is 32.3. The van der Waals surface area contributed by atoms with Crippen LogP contribution in [-0.4, -0.2) is 54.1 Å². The highest BCUT2D eigenvalue weighted by Crippen LogP contribution is 2.33. The molecule has 1 aromatic rings. The fraction of sp³-hybridized carbons (Fsp3) is 0.722. The van der Waals surface area contributed by atoms with Crippen molar-refractivity contribution in [1.82, 2.24) is 9.80 Å². The Morgan fingerprint density at radius 1 is 1.30 bits per heavy atom. The summed E-state index contributed by atoms with van der Waals surface area (Å²) in [6, 6.07) is 4.71. The lowest BCUT2D eigenvalue weighted by Crippen LogP contribution is -2.61. The fourth-order valence-electron chi connectivity index (χ4n) is 4.48. The van der Waals surface area contributed by atoms with Crippen LogP contribution in [0.15, 0.2) is 12.1 Å². The maximum absolute atomic E-state index is 12.3. The van der Waals surface area contributed by atoms with Gasteiger partial charge in [0.05, 0.1) is 12.1 Å². The van der Waals surface area contributed by atoms with E-state index in [9.17, 15) is 4.79 Å². The van der Waals surface area contributed by atoms with Gasteiger partial charge < -0.3 is 9.64 Å². The highest BCUT2D eigenvalue weighted by Gasteiger charge is 2.44. The van der Waals surface area contributed by atoms with Gasteiger partial charge in [-0.25, -0.2) is 0 Å². The van der Waals surface area contributed by atoms with E-state index in [4.69, 9.17) is 4.74 Å². The average molecular weight is 334 g/mol. The Balaban J connectivity index is 1.52. The molecule has 3 atom stereocenters. The van der Waals surface area contributed by atoms with Gasteiger partial charge in [0.2, 0.25) is 5.91 Å². The van der Waals surface area contributed by atoms with Crippen molar-refractivity contribution in [2.75, 3.05) is 26.2 Å². The molecule has 0 saturated carbocycles. The maximum atomic E-state index is 12.3. The van der Waals surface area contributed by atoms with Crippen molar-refractivity contribution in [3.05, 3.63) is 21.9 Å². The summed E-state index contributed by atoms with van der Waals surface area (Å²) >= 11 is 1.89. The van der Waals surface area contributed by atoms with Crippen LogP contribution < -0.4 is 0 Å². The lowest BCUT2D eigenvalue weighted by molar-refractivity contribution is -0.145. The number of fused-ring (bicyclic) bond motifs is 1. The molecule has 1 amide bonds. The summed E-state index contributed by atoms with van der Waals surface area (Å²) in [6.45, 7) is 7.04. The molecule has 5 heteroatoms. The van der Waals surface area contributed by atoms with Crippen LogP contribution in [0.25, 0.3) is 0 Å². The maximum Gasteiger partial charge on any atom is 0.223 e. The molecule has 1 aromatic heterocycles. The molecule has 4 heterocycles. The van der Waals surface area contributed by atoms with Crippen molar-refractivity contribution in [2.24, 2.45) is 5.92 Å². The standard InChI is InChI=1S/C18H26N2O2S/c1-13-6-7-15(23-13)11-19-10-14-4-3-9-22-18(14)16(12-19)20-8-2-5-17(20)21/h6-7,14,16,18H,2-5,8-12H2,1H3/t14-,16+,18-/m0/s1. The topological polar surface area (TPSA) is 32.8 Å². The van der Waals surface area contributed by atoms with Crippen LogP contribution in [-0.2, 0) is 16.1 Å². The first-order chi connectivity index (χ1) is 11.2. The summed E-state index contributed by atoms with van der Waals surface area (Å²) < 4.78 is 6.14. The number of nitrogens with zero attached hydrogens (tertiary/aromatic N) is 2. The number of ether oxygens (including phenoxy) is 1. The Labute approximate surface area is 142 Å². The minimum Gasteiger partial charge on any atom is -0.376 e. The Bertz CT molecular complexity index is 573. The van der Waals surface area contributed by atoms with Crippen LogP contribution in [0.2, 0.25) is 0 Å². The molecule has 23 heavy (non-hydrogen) atoms. The molecule has 4 nitrogen and oxygen atoms in total. The van der Waals surface area contributed by atoms with E-state index < -0.39 is 0 Å². The van der Waals surface area contributed by atoms with Gasteiger partial charge in [-0.2, -0.15) is 0 Å². The minimum absolute atomic E-state index is 0.255. The molecule has 0 spiro atoms. The second-order valence-corrected chi connectivity index (χ2v) is 8.57. The Morgan fingerprint density at radius 2 is 2.22 bits per heavy atom. The zero-order valence-corrected chi connectivity index (χ0v) is 14.7. The van der Waals surface area contributed by atoms with Crippen molar-refractivity contribution in [2.45, 2.75) is 51.3 Å². The van der Waals surface area contributed by atoms with Crippen molar-refractivity contribution in [3.8, 4) is 0 Å². The molecule has 3 aliphatic rings. The quantitative estimate of drug-likeness (QED) is 0.852. The van der Waals surface area contributed by atoms with Gasteiger partial charge in [0.25, 0.3) is 0 Å². The summed E-state index contributed by atoms with van der Waals surface area (Å²) in [5.74, 6) is 0.911. The summed E-state index contributed by atoms with van der Waals surface area (Å²) in [4.78, 5) is 19.8. The third-order valence-electron chi connectivity index (χ3n) is 5.50. The van der Waals surface area contributed by atoms with Crippen molar-refractivity contribution >= 4 is 17.2 Å². The zero-order chi connectivity index (χ0) is 15.8. The van der Waals surface area contributed by atoms with E-state index in [2.05, 4.69) is 28.9 Å². The Morgan fingerprint density at radius 3 is 2.96 bits per heavy atom. The molecule has 0 N–H and O–H groups in total. The lowest BCUT2D eigenvalue weighted by atomic mass is 9.84. The number of carbonyl (C=O) groups is 1. The van der Waals surface area contributed by atoms with Gasteiger partial charge in [-0.1, -0.05) is 0 Å². The molecule has 126 valence electrons. The van der Waals surface area contributed by atoms with Gasteiger partial charge in [-0.15, -0.1) is 11.3 Å². The molecule has 0 aliphatic carbocycles. The third kappa shape index (κ3) is 3.19. The summed E-state index contributed by atoms with van der Waals surface area (Å²) in [5.41, 5.74) is 0. The third-order valence-corrected chi connectivity index (χ3v) is 6.48. The first-order valence-electron chi connectivity index (χ1n) is 8.89. The van der Waals surface area contributed by atoms with Crippen LogP contribution in [0.5, 0.6) is 0 Å². The monoisotopic (exact) mass is 334 g/mol. The molecular formula is C18H26N2O2S. The van der Waals surface area contributed by atoms with E-state index in [-0.39, 0.29) is 12.1 Å². The number of piperidine rings is 1. The Hall–Kier alpha value is -0.910. The van der Waals surface area contributed by atoms with E-state index in [0.717, 1.165) is 52.0 Å². The number of likely N-dealkylation sites (tertiary alicyclic amines) is 2. The first kappa shape index (κ1) is 15.6. The smallest absolute Gasteiger partial charge is 0.223 e. The second kappa shape index (κ2) is 6.54. The number of hydrogen-bond acceptors (Lipinski definition) is 4. The van der Waals surface area contributed by atoms with Crippen LogP contribution in [0.3, 0.4) is 0 Å². The van der Waals surface area contributed by atoms with Crippen molar-refractivity contribution in [3.63, 3.8) is 0 Å². The highest BCUT2D eigenvalue weighted by molar-refractivity contribution is 7.11. The number of amides is 1. The molecule has 3 saturated heterocycles. The van der Waals surface area contributed by atoms with E-state index in [0.29, 0.717) is 11.8 Å². The van der Waals surface area contributed by atoms with E-state index in [1.807, 2.05) is 11.3 Å². The predicted molar refractivity (Wildman–Crippen MR) is 91.5 cm³/mol. The van der Waals surface area contributed by atoms with Crippen LogP contribution >= 0.6 is 11.3 Å². The lowest BCUT2D eigenvalue weighted by Gasteiger charge is -2.48. The van der Waals surface area contributed by atoms with Crippen LogP contribution in [0.4, 0.5) is 0 Å². The predicted octanol–water partition coefficient (Wildman–Crippen LogP) is 2.66. The molecule has 0 unspecified atom stereocenters. The number of hydrogen-bond donors (Lipinski definition) is 0. The van der Waals surface area contributed by atoms with Gasteiger partial charge in [0.15, 0.2) is 0 Å². The highest BCUT2D eigenvalue weighted by atomic mass is 32.1. The van der Waals surface area contributed by atoms with Gasteiger partial charge in [0.1, 0.15) is 0 Å². The van der Waals surface area contributed by atoms with Gasteiger partial charge in [0, 0.05) is 49.0 Å². The van der Waals surface area contributed by atoms with Gasteiger partial charge in [-0.3, -0.25) is 9.69 Å².